The highest BCUT2D eigenvalue weighted by atomic mass is 16.5. The zero-order valence-electron chi connectivity index (χ0n) is 104. The first kappa shape index (κ1) is 210. The summed E-state index contributed by atoms with van der Waals surface area (Å²) in [6.07, 6.45) is 33.6. The van der Waals surface area contributed by atoms with Gasteiger partial charge in [-0.25, -0.2) is 0 Å². The van der Waals surface area contributed by atoms with Crippen LogP contribution in [0.5, 0.6) is 0 Å². The van der Waals surface area contributed by atoms with E-state index in [2.05, 4.69) is 464 Å². The molecule has 1 saturated heterocycles. The van der Waals surface area contributed by atoms with E-state index in [1.165, 1.54) is 154 Å². The zero-order chi connectivity index (χ0) is 105. The van der Waals surface area contributed by atoms with E-state index in [9.17, 15) is 5.11 Å². The van der Waals surface area contributed by atoms with E-state index in [0.29, 0.717) is 34.7 Å². The summed E-state index contributed by atoms with van der Waals surface area (Å²) in [4.78, 5) is 0. The molecule has 2 aliphatic carbocycles. The Morgan fingerprint density at radius 3 is 0.556 bits per heavy atom. The van der Waals surface area contributed by atoms with Crippen LogP contribution in [0.15, 0.2) is 0 Å². The van der Waals surface area contributed by atoms with Gasteiger partial charge in [0.05, 0.1) is 25.4 Å². The summed E-state index contributed by atoms with van der Waals surface area (Å²) in [5, 5.41) is 9.39. The molecule has 0 aromatic heterocycles. The standard InChI is InChI=1S/C10H20O.2C10H20.2C10H22.2C9H20O.C9H20.15C3H8.8CH4/c1-8(2)5-10(9(3)4)6-11-7-10;1-7(2)9-5-10(6-9)8(3)4;1-8(2)7-10(5-6-10)9(3)4;1-8(2)7-10(5,6)9(3)4;1-7(2)9(5)10(6)8(3)4;1-7(2)6-9(10-5)8(3)4;1-7(2)5-9(10)6-8(3)4;1-7(2)6-9(5)8(3)4;15*1-3-2;;;;;;;;/h8-9H,5-7H2,1-4H3;7-10H,5-6H2,1-4H3;8-9H,5-7H2,1-4H3;8-9H,7H2,1-6H3;7-10H,1-6H3;7-9H,6H2,1-5H3;7-10H,5-6H2,1-4H3;7-9H,6H2,1-5H3;15*3H2,1-2H3;8*1H4. The van der Waals surface area contributed by atoms with Gasteiger partial charge in [-0.2, -0.15) is 0 Å². The van der Waals surface area contributed by atoms with Crippen LogP contribution in [-0.4, -0.2) is 37.6 Å². The molecule has 1 aliphatic heterocycles. The summed E-state index contributed by atoms with van der Waals surface area (Å²) in [5.41, 5.74) is 1.82. The van der Waals surface area contributed by atoms with Crippen LogP contribution < -0.4 is 0 Å². The average Bonchev–Trinajstić information content (AvgIpc) is 1.68. The van der Waals surface area contributed by atoms with Gasteiger partial charge in [-0.15, -0.1) is 0 Å². The maximum Gasteiger partial charge on any atom is 0.0596 e. The van der Waals surface area contributed by atoms with Gasteiger partial charge in [-0.3, -0.25) is 0 Å². The van der Waals surface area contributed by atoms with Crippen molar-refractivity contribution in [3.63, 3.8) is 0 Å². The number of hydrogen-bond donors (Lipinski definition) is 1. The van der Waals surface area contributed by atoms with Gasteiger partial charge in [0.15, 0.2) is 0 Å². The smallest absolute Gasteiger partial charge is 0.0596 e. The molecule has 2 saturated carbocycles. The molecule has 1 N–H and O–H groups in total. The third-order valence-electron chi connectivity index (χ3n) is 19.5. The molecule has 3 aliphatic rings. The Hall–Kier alpha value is -0.120. The molecular weight excluding hydrogens is 1610 g/mol. The van der Waals surface area contributed by atoms with Crippen LogP contribution in [0, 0.1) is 141 Å². The Labute approximate surface area is 872 Å². The second-order valence-corrected chi connectivity index (χ2v) is 44.7. The fourth-order valence-corrected chi connectivity index (χ4v) is 11.5. The first-order chi connectivity index (χ1) is 57.4. The maximum atomic E-state index is 9.39. The number of hydrogen-bond acceptors (Lipinski definition) is 3. The Kier molecular flexibility index (Phi) is 261. The number of aliphatic hydroxyl groups excluding tert-OH is 1. The number of methoxy groups -OCH3 is 1. The molecule has 1 heterocycles. The predicted octanol–water partition coefficient (Wildman–Crippen LogP) is 51.6. The largest absolute Gasteiger partial charge is 0.393 e. The minimum atomic E-state index is -0.0833. The van der Waals surface area contributed by atoms with Crippen molar-refractivity contribution in [1.29, 1.82) is 0 Å². The molecule has 3 rings (SSSR count). The molecule has 0 aromatic rings. The third-order valence-corrected chi connectivity index (χ3v) is 19.5. The van der Waals surface area contributed by atoms with Crippen molar-refractivity contribution in [1.82, 2.24) is 0 Å². The SMILES string of the molecule is C.C.C.C.C.C.C.C.CC(C)C(C)C(C)C(C)C.CC(C)C1CC(C(C)C)C1.CC(C)CC(C)(C)C(C)C.CC(C)CC(C)C(C)C.CC(C)CC(O)CC(C)C.CC(C)CC1(C(C)C)CC1.CC(C)CC1(C(C)C)COC1.CCC.CCC.CCC.CCC.CCC.CCC.CCC.CCC.CCC.CCC.CCC.CCC.CCC.CCC.CCC.COC(CC(C)C)C(C)C. The number of ether oxygens (including phenoxy) is 2. The molecule has 3 fully saturated rings. The lowest BCUT2D eigenvalue weighted by Crippen LogP contribution is -2.47. The number of aliphatic hydroxyl groups is 1. The molecule has 0 radical (unpaired) electrons. The first-order valence-corrected chi connectivity index (χ1v) is 56.2. The van der Waals surface area contributed by atoms with E-state index in [-0.39, 0.29) is 65.5 Å². The predicted molar refractivity (Wildman–Crippen MR) is 662 cm³/mol. The van der Waals surface area contributed by atoms with Crippen molar-refractivity contribution in [2.45, 2.75) is 702 Å². The van der Waals surface area contributed by atoms with E-state index in [0.717, 1.165) is 138 Å². The van der Waals surface area contributed by atoms with Crippen molar-refractivity contribution in [3.8, 4) is 0 Å². The van der Waals surface area contributed by atoms with E-state index >= 15 is 0 Å². The minimum Gasteiger partial charge on any atom is -0.393 e. The molecule has 0 spiro atoms. The van der Waals surface area contributed by atoms with Gasteiger partial charge in [0.25, 0.3) is 0 Å². The molecule has 0 bridgehead atoms. The van der Waals surface area contributed by atoms with Crippen LogP contribution in [0.4, 0.5) is 0 Å². The fourth-order valence-electron chi connectivity index (χ4n) is 11.5. The lowest BCUT2D eigenvalue weighted by atomic mass is 9.65. The highest BCUT2D eigenvalue weighted by molar-refractivity contribution is 4.95. The molecule has 4 atom stereocenters. The minimum absolute atomic E-state index is 0. The second-order valence-electron chi connectivity index (χ2n) is 44.7. The lowest BCUT2D eigenvalue weighted by Gasteiger charge is -2.46. The highest BCUT2D eigenvalue weighted by Gasteiger charge is 2.45. The summed E-state index contributed by atoms with van der Waals surface area (Å²) >= 11 is 0. The molecule has 854 valence electrons. The maximum absolute atomic E-state index is 9.39. The summed E-state index contributed by atoms with van der Waals surface area (Å²) < 4.78 is 10.6. The third kappa shape index (κ3) is 223. The molecule has 0 amide bonds. The molecule has 3 nitrogen and oxygen atoms in total. The van der Waals surface area contributed by atoms with Crippen molar-refractivity contribution in [2.24, 2.45) is 141 Å². The van der Waals surface area contributed by atoms with Gasteiger partial charge in [0, 0.05) is 12.5 Å². The number of rotatable bonds is 25. The van der Waals surface area contributed by atoms with E-state index < -0.39 is 0 Å². The van der Waals surface area contributed by atoms with Crippen LogP contribution >= 0.6 is 0 Å². The van der Waals surface area contributed by atoms with Gasteiger partial charge in [-0.1, -0.05) is 620 Å². The molecule has 3 heteroatoms. The Morgan fingerprint density at radius 2 is 0.481 bits per heavy atom. The molecule has 0 aromatic carbocycles. The van der Waals surface area contributed by atoms with E-state index in [1.54, 1.807) is 7.11 Å². The first-order valence-electron chi connectivity index (χ1n) is 56.2. The average molecular weight is 1930 g/mol. The van der Waals surface area contributed by atoms with Crippen LogP contribution in [0.1, 0.15) is 690 Å². The Bertz CT molecular complexity index is 1460. The quantitative estimate of drug-likeness (QED) is 0.0990. The van der Waals surface area contributed by atoms with Gasteiger partial charge < -0.3 is 14.6 Å². The van der Waals surface area contributed by atoms with Crippen molar-refractivity contribution < 1.29 is 14.6 Å². The topological polar surface area (TPSA) is 38.7 Å². The monoisotopic (exact) mass is 1930 g/mol. The summed E-state index contributed by atoms with van der Waals surface area (Å²) in [6, 6.07) is 0. The van der Waals surface area contributed by atoms with Crippen molar-refractivity contribution in [2.75, 3.05) is 20.3 Å². The van der Waals surface area contributed by atoms with Gasteiger partial charge in [0.1, 0.15) is 0 Å². The molecule has 133 heavy (non-hydrogen) atoms. The van der Waals surface area contributed by atoms with Crippen molar-refractivity contribution in [3.05, 3.63) is 0 Å². The summed E-state index contributed by atoms with van der Waals surface area (Å²) in [7, 11) is 1.80. The summed E-state index contributed by atoms with van der Waals surface area (Å²) in [6.45, 7) is 151. The lowest BCUT2D eigenvalue weighted by molar-refractivity contribution is -0.148. The van der Waals surface area contributed by atoms with E-state index in [4.69, 9.17) is 9.47 Å². The van der Waals surface area contributed by atoms with Crippen molar-refractivity contribution >= 4 is 0 Å². The summed E-state index contributed by atoms with van der Waals surface area (Å²) in [5.74, 6) is 17.6. The fraction of sp³-hybridized carbons (Fsp3) is 1.00. The normalized spacial score (nSPS) is 13.4. The van der Waals surface area contributed by atoms with Crippen LogP contribution in [-0.2, 0) is 9.47 Å². The van der Waals surface area contributed by atoms with Gasteiger partial charge in [-0.05, 0) is 206 Å². The zero-order valence-corrected chi connectivity index (χ0v) is 104. The van der Waals surface area contributed by atoms with Gasteiger partial charge in [0.2, 0.25) is 0 Å². The highest BCUT2D eigenvalue weighted by Crippen LogP contribution is 2.56. The van der Waals surface area contributed by atoms with Crippen LogP contribution in [0.3, 0.4) is 0 Å². The Balaban J connectivity index is -0.0000000340. The van der Waals surface area contributed by atoms with Crippen LogP contribution in [0.25, 0.3) is 0 Å². The molecule has 4 unspecified atom stereocenters. The Morgan fingerprint density at radius 1 is 0.278 bits per heavy atom. The van der Waals surface area contributed by atoms with E-state index in [1.807, 2.05) is 0 Å². The van der Waals surface area contributed by atoms with Crippen LogP contribution in [0.2, 0.25) is 0 Å². The second kappa shape index (κ2) is 165. The van der Waals surface area contributed by atoms with Gasteiger partial charge >= 0.3 is 0 Å². The molecular formula is C130H316O3.